The van der Waals surface area contributed by atoms with E-state index in [1.165, 1.54) is 5.56 Å². The van der Waals surface area contributed by atoms with Crippen molar-refractivity contribution in [1.82, 2.24) is 4.90 Å². The van der Waals surface area contributed by atoms with Gasteiger partial charge in [0.05, 0.1) is 25.4 Å². The molecule has 0 bridgehead atoms. The normalized spacial score (nSPS) is 24.5. The van der Waals surface area contributed by atoms with E-state index in [1.54, 1.807) is 0 Å². The van der Waals surface area contributed by atoms with Crippen molar-refractivity contribution < 1.29 is 9.47 Å². The first-order valence-electron chi connectivity index (χ1n) is 8.02. The molecule has 1 fully saturated rings. The smallest absolute Gasteiger partial charge is 0.127 e. The largest absolute Gasteiger partial charge is 0.493 e. The van der Waals surface area contributed by atoms with Crippen molar-refractivity contribution >= 4 is 0 Å². The standard InChI is InChI=1S/C17H26N2O2/c1-12(2)19-8-10-20-15(11-19)16(18)14-7-3-5-13-6-4-9-21-17(13)14/h3,5,7,12,15-16H,4,6,8-11,18H2,1-2H3. The minimum Gasteiger partial charge on any atom is -0.493 e. The number of hydrogen-bond donors (Lipinski definition) is 1. The van der Waals surface area contributed by atoms with Gasteiger partial charge < -0.3 is 15.2 Å². The zero-order valence-electron chi connectivity index (χ0n) is 13.0. The van der Waals surface area contributed by atoms with E-state index in [1.807, 2.05) is 0 Å². The van der Waals surface area contributed by atoms with E-state index in [-0.39, 0.29) is 12.1 Å². The summed E-state index contributed by atoms with van der Waals surface area (Å²) in [5, 5.41) is 0. The molecule has 116 valence electrons. The number of hydrogen-bond acceptors (Lipinski definition) is 4. The molecule has 0 aromatic heterocycles. The molecule has 0 saturated carbocycles. The summed E-state index contributed by atoms with van der Waals surface area (Å²) in [6, 6.07) is 6.73. The molecule has 4 nitrogen and oxygen atoms in total. The van der Waals surface area contributed by atoms with Gasteiger partial charge in [-0.2, -0.15) is 0 Å². The molecule has 21 heavy (non-hydrogen) atoms. The highest BCUT2D eigenvalue weighted by Crippen LogP contribution is 2.34. The van der Waals surface area contributed by atoms with Gasteiger partial charge in [0.1, 0.15) is 5.75 Å². The van der Waals surface area contributed by atoms with Gasteiger partial charge in [-0.15, -0.1) is 0 Å². The summed E-state index contributed by atoms with van der Waals surface area (Å²) < 4.78 is 11.8. The second-order valence-electron chi connectivity index (χ2n) is 6.31. The Bertz CT molecular complexity index is 490. The summed E-state index contributed by atoms with van der Waals surface area (Å²) >= 11 is 0. The Morgan fingerprint density at radius 1 is 1.29 bits per heavy atom. The second-order valence-corrected chi connectivity index (χ2v) is 6.31. The summed E-state index contributed by atoms with van der Waals surface area (Å²) in [6.45, 7) is 7.88. The molecule has 2 heterocycles. The molecule has 1 saturated heterocycles. The van der Waals surface area contributed by atoms with Gasteiger partial charge in [0, 0.05) is 24.7 Å². The third kappa shape index (κ3) is 3.07. The van der Waals surface area contributed by atoms with E-state index in [4.69, 9.17) is 15.2 Å². The van der Waals surface area contributed by atoms with Gasteiger partial charge in [-0.25, -0.2) is 0 Å². The molecular weight excluding hydrogens is 264 g/mol. The van der Waals surface area contributed by atoms with Crippen LogP contribution in [0.5, 0.6) is 5.75 Å². The Labute approximate surface area is 127 Å². The Balaban J connectivity index is 1.80. The van der Waals surface area contributed by atoms with E-state index < -0.39 is 0 Å². The van der Waals surface area contributed by atoms with E-state index in [2.05, 4.69) is 36.9 Å². The molecule has 1 aromatic carbocycles. The van der Waals surface area contributed by atoms with Crippen molar-refractivity contribution in [3.8, 4) is 5.75 Å². The van der Waals surface area contributed by atoms with Crippen molar-refractivity contribution in [2.24, 2.45) is 5.73 Å². The second kappa shape index (κ2) is 6.34. The average Bonchev–Trinajstić information content (AvgIpc) is 2.53. The summed E-state index contributed by atoms with van der Waals surface area (Å²) in [4.78, 5) is 2.43. The SMILES string of the molecule is CC(C)N1CCOC(C(N)c2cccc3c2OCCC3)C1. The van der Waals surface area contributed by atoms with Crippen LogP contribution in [-0.2, 0) is 11.2 Å². The minimum atomic E-state index is -0.125. The van der Waals surface area contributed by atoms with Crippen LogP contribution < -0.4 is 10.5 Å². The summed E-state index contributed by atoms with van der Waals surface area (Å²) in [7, 11) is 0. The molecule has 2 unspecified atom stereocenters. The molecule has 3 rings (SSSR count). The number of para-hydroxylation sites is 1. The fourth-order valence-electron chi connectivity index (χ4n) is 3.26. The number of benzene rings is 1. The lowest BCUT2D eigenvalue weighted by Crippen LogP contribution is -2.49. The number of morpholine rings is 1. The van der Waals surface area contributed by atoms with Crippen LogP contribution in [0.1, 0.15) is 37.4 Å². The molecule has 4 heteroatoms. The molecule has 0 radical (unpaired) electrons. The van der Waals surface area contributed by atoms with Gasteiger partial charge in [-0.05, 0) is 32.3 Å². The minimum absolute atomic E-state index is 0.0400. The molecule has 2 aliphatic rings. The van der Waals surface area contributed by atoms with Crippen LogP contribution in [-0.4, -0.2) is 43.3 Å². The van der Waals surface area contributed by atoms with Crippen LogP contribution in [0.4, 0.5) is 0 Å². The first kappa shape index (κ1) is 14.8. The lowest BCUT2D eigenvalue weighted by atomic mass is 9.94. The van der Waals surface area contributed by atoms with E-state index in [9.17, 15) is 0 Å². The highest BCUT2D eigenvalue weighted by atomic mass is 16.5. The highest BCUT2D eigenvalue weighted by Gasteiger charge is 2.30. The van der Waals surface area contributed by atoms with Gasteiger partial charge in [-0.3, -0.25) is 4.90 Å². The van der Waals surface area contributed by atoms with Crippen LogP contribution in [0.15, 0.2) is 18.2 Å². The quantitative estimate of drug-likeness (QED) is 0.926. The van der Waals surface area contributed by atoms with Crippen LogP contribution >= 0.6 is 0 Å². The first-order valence-corrected chi connectivity index (χ1v) is 8.02. The fraction of sp³-hybridized carbons (Fsp3) is 0.647. The van der Waals surface area contributed by atoms with Gasteiger partial charge in [-0.1, -0.05) is 18.2 Å². The summed E-state index contributed by atoms with van der Waals surface area (Å²) in [6.07, 6.45) is 2.21. The lowest BCUT2D eigenvalue weighted by Gasteiger charge is -2.38. The highest BCUT2D eigenvalue weighted by molar-refractivity contribution is 5.44. The van der Waals surface area contributed by atoms with Crippen LogP contribution in [0, 0.1) is 0 Å². The number of nitrogens with zero attached hydrogens (tertiary/aromatic N) is 1. The van der Waals surface area contributed by atoms with Crippen LogP contribution in [0.3, 0.4) is 0 Å². The van der Waals surface area contributed by atoms with Crippen molar-refractivity contribution in [2.45, 2.75) is 44.9 Å². The van der Waals surface area contributed by atoms with Crippen molar-refractivity contribution in [3.05, 3.63) is 29.3 Å². The van der Waals surface area contributed by atoms with Crippen molar-refractivity contribution in [2.75, 3.05) is 26.3 Å². The first-order chi connectivity index (χ1) is 10.2. The number of ether oxygens (including phenoxy) is 2. The van der Waals surface area contributed by atoms with Crippen molar-refractivity contribution in [3.63, 3.8) is 0 Å². The molecule has 0 spiro atoms. The molecule has 1 aromatic rings. The fourth-order valence-corrected chi connectivity index (χ4v) is 3.26. The van der Waals surface area contributed by atoms with E-state index in [0.29, 0.717) is 6.04 Å². The van der Waals surface area contributed by atoms with Gasteiger partial charge >= 0.3 is 0 Å². The lowest BCUT2D eigenvalue weighted by molar-refractivity contribution is -0.0506. The number of nitrogens with two attached hydrogens (primary N) is 1. The average molecular weight is 290 g/mol. The maximum atomic E-state index is 6.52. The molecular formula is C17H26N2O2. The Hall–Kier alpha value is -1.10. The number of aryl methyl sites for hydroxylation is 1. The Kier molecular flexibility index (Phi) is 4.48. The molecule has 2 aliphatic heterocycles. The van der Waals surface area contributed by atoms with Crippen molar-refractivity contribution in [1.29, 1.82) is 0 Å². The zero-order chi connectivity index (χ0) is 14.8. The van der Waals surface area contributed by atoms with Gasteiger partial charge in [0.2, 0.25) is 0 Å². The number of rotatable bonds is 3. The third-order valence-electron chi connectivity index (χ3n) is 4.58. The zero-order valence-corrected chi connectivity index (χ0v) is 13.0. The monoisotopic (exact) mass is 290 g/mol. The predicted octanol–water partition coefficient (Wildman–Crippen LogP) is 2.12. The maximum absolute atomic E-state index is 6.52. The molecule has 0 amide bonds. The van der Waals surface area contributed by atoms with Crippen LogP contribution in [0.2, 0.25) is 0 Å². The molecule has 2 N–H and O–H groups in total. The molecule has 2 atom stereocenters. The van der Waals surface area contributed by atoms with Crippen LogP contribution in [0.25, 0.3) is 0 Å². The topological polar surface area (TPSA) is 47.7 Å². The van der Waals surface area contributed by atoms with Gasteiger partial charge in [0.15, 0.2) is 0 Å². The molecule has 0 aliphatic carbocycles. The Morgan fingerprint density at radius 3 is 2.95 bits per heavy atom. The van der Waals surface area contributed by atoms with Gasteiger partial charge in [0.25, 0.3) is 0 Å². The third-order valence-corrected chi connectivity index (χ3v) is 4.58. The summed E-state index contributed by atoms with van der Waals surface area (Å²) in [5.74, 6) is 1.00. The Morgan fingerprint density at radius 2 is 2.14 bits per heavy atom. The predicted molar refractivity (Wildman–Crippen MR) is 83.6 cm³/mol. The number of fused-ring (bicyclic) bond motifs is 1. The maximum Gasteiger partial charge on any atom is 0.127 e. The van der Waals surface area contributed by atoms with E-state index in [0.717, 1.165) is 50.5 Å². The van der Waals surface area contributed by atoms with E-state index >= 15 is 0 Å². The summed E-state index contributed by atoms with van der Waals surface area (Å²) in [5.41, 5.74) is 8.91.